The fourth-order valence-electron chi connectivity index (χ4n) is 3.47. The van der Waals surface area contributed by atoms with Crippen molar-refractivity contribution >= 4 is 0 Å². The smallest absolute Gasteiger partial charge is 0.0922 e. The molecular formula is C10H14O. The molecule has 1 heteroatoms. The Kier molecular flexibility index (Phi) is 0.915. The van der Waals surface area contributed by atoms with Gasteiger partial charge in [0.2, 0.25) is 0 Å². The molecule has 4 fully saturated rings. The van der Waals surface area contributed by atoms with E-state index in [4.69, 9.17) is 4.74 Å². The number of ether oxygens (including phenoxy) is 1. The van der Waals surface area contributed by atoms with Gasteiger partial charge in [-0.2, -0.15) is 0 Å². The quantitative estimate of drug-likeness (QED) is 0.521. The highest BCUT2D eigenvalue weighted by Crippen LogP contribution is 2.73. The molecule has 4 bridgehead atoms. The van der Waals surface area contributed by atoms with Crippen LogP contribution < -0.4 is 0 Å². The number of hydrogen-bond acceptors (Lipinski definition) is 1. The normalized spacial score (nSPS) is 54.7. The molecule has 0 radical (unpaired) electrons. The van der Waals surface area contributed by atoms with Crippen LogP contribution >= 0.6 is 0 Å². The molecule has 0 spiro atoms. The molecule has 0 aliphatic heterocycles. The number of methoxy groups -OCH3 is 1. The minimum Gasteiger partial charge on any atom is -0.501 e. The Labute approximate surface area is 67.4 Å². The van der Waals surface area contributed by atoms with Gasteiger partial charge in [0.15, 0.2) is 0 Å². The van der Waals surface area contributed by atoms with Gasteiger partial charge in [0, 0.05) is 0 Å². The van der Waals surface area contributed by atoms with E-state index in [0.29, 0.717) is 0 Å². The third-order valence-corrected chi connectivity index (χ3v) is 3.96. The van der Waals surface area contributed by atoms with E-state index in [2.05, 4.69) is 6.92 Å². The molecular weight excluding hydrogens is 136 g/mol. The summed E-state index contributed by atoms with van der Waals surface area (Å²) in [6.07, 6.45) is 2.96. The summed E-state index contributed by atoms with van der Waals surface area (Å²) in [4.78, 5) is 0. The van der Waals surface area contributed by atoms with Crippen LogP contribution in [0.25, 0.3) is 0 Å². The summed E-state index contributed by atoms with van der Waals surface area (Å²) in [7, 11) is 1.80. The van der Waals surface area contributed by atoms with Crippen LogP contribution in [0.3, 0.4) is 0 Å². The van der Waals surface area contributed by atoms with Crippen LogP contribution in [0.5, 0.6) is 0 Å². The molecule has 0 heterocycles. The molecule has 4 saturated carbocycles. The van der Waals surface area contributed by atoms with Crippen LogP contribution in [0.4, 0.5) is 0 Å². The highest BCUT2D eigenvalue weighted by Gasteiger charge is 2.66. The fourth-order valence-corrected chi connectivity index (χ4v) is 3.47. The van der Waals surface area contributed by atoms with Crippen molar-refractivity contribution in [3.63, 3.8) is 0 Å². The maximum atomic E-state index is 5.31. The maximum Gasteiger partial charge on any atom is 0.0922 e. The lowest BCUT2D eigenvalue weighted by Gasteiger charge is -2.08. The van der Waals surface area contributed by atoms with Crippen molar-refractivity contribution in [1.82, 2.24) is 0 Å². The predicted octanol–water partition coefficient (Wildman–Crippen LogP) is 2.19. The van der Waals surface area contributed by atoms with Crippen molar-refractivity contribution in [1.29, 1.82) is 0 Å². The van der Waals surface area contributed by atoms with Crippen molar-refractivity contribution < 1.29 is 4.74 Å². The van der Waals surface area contributed by atoms with Gasteiger partial charge in [-0.25, -0.2) is 0 Å². The second-order valence-corrected chi connectivity index (χ2v) is 4.24. The SMILES string of the molecule is CO/C(C)=C1\C2CC3C(C2)C13. The van der Waals surface area contributed by atoms with Crippen LogP contribution in [0.2, 0.25) is 0 Å². The lowest BCUT2D eigenvalue weighted by Crippen LogP contribution is -1.95. The summed E-state index contributed by atoms with van der Waals surface area (Å²) >= 11 is 0. The molecule has 0 amide bonds. The van der Waals surface area contributed by atoms with E-state index in [1.54, 1.807) is 12.7 Å². The molecule has 11 heavy (non-hydrogen) atoms. The van der Waals surface area contributed by atoms with Gasteiger partial charge in [0.05, 0.1) is 12.9 Å². The van der Waals surface area contributed by atoms with Crippen molar-refractivity contribution in [3.8, 4) is 0 Å². The average Bonchev–Trinajstić information content (AvgIpc) is 2.47. The van der Waals surface area contributed by atoms with Gasteiger partial charge in [-0.1, -0.05) is 0 Å². The van der Waals surface area contributed by atoms with Crippen LogP contribution in [-0.2, 0) is 4.74 Å². The lowest BCUT2D eigenvalue weighted by atomic mass is 10.0. The zero-order valence-corrected chi connectivity index (χ0v) is 7.13. The number of hydrogen-bond donors (Lipinski definition) is 0. The Morgan fingerprint density at radius 2 is 2.00 bits per heavy atom. The number of allylic oxidation sites excluding steroid dienone is 2. The zero-order chi connectivity index (χ0) is 7.59. The summed E-state index contributed by atoms with van der Waals surface area (Å²) in [6, 6.07) is 0. The number of rotatable bonds is 1. The Morgan fingerprint density at radius 3 is 2.36 bits per heavy atom. The minimum atomic E-state index is 0.926. The standard InChI is InChI=1S/C10H14O/c1-5(11-2)9-6-3-7-8(4-6)10(7)9/h6-8,10H,3-4H2,1-2H3/b9-5+. The average molecular weight is 150 g/mol. The summed E-state index contributed by atoms with van der Waals surface area (Å²) in [6.45, 7) is 2.13. The largest absolute Gasteiger partial charge is 0.501 e. The highest BCUT2D eigenvalue weighted by molar-refractivity contribution is 5.36. The van der Waals surface area contributed by atoms with Gasteiger partial charge in [-0.3, -0.25) is 0 Å². The van der Waals surface area contributed by atoms with E-state index in [1.807, 2.05) is 0 Å². The first-order valence-corrected chi connectivity index (χ1v) is 4.57. The van der Waals surface area contributed by atoms with E-state index in [0.717, 1.165) is 23.7 Å². The first-order valence-electron chi connectivity index (χ1n) is 4.57. The summed E-state index contributed by atoms with van der Waals surface area (Å²) in [5, 5.41) is 0. The molecule has 0 aromatic rings. The molecule has 1 nitrogen and oxygen atoms in total. The zero-order valence-electron chi connectivity index (χ0n) is 7.13. The molecule has 2 unspecified atom stereocenters. The Morgan fingerprint density at radius 1 is 1.36 bits per heavy atom. The molecule has 0 N–H and O–H groups in total. The third-order valence-electron chi connectivity index (χ3n) is 3.96. The van der Waals surface area contributed by atoms with E-state index in [1.165, 1.54) is 18.6 Å². The maximum absolute atomic E-state index is 5.31. The van der Waals surface area contributed by atoms with Crippen molar-refractivity contribution in [2.45, 2.75) is 19.8 Å². The van der Waals surface area contributed by atoms with Gasteiger partial charge in [-0.15, -0.1) is 0 Å². The molecule has 4 rings (SSSR count). The van der Waals surface area contributed by atoms with Crippen LogP contribution in [0.1, 0.15) is 19.8 Å². The Bertz CT molecular complexity index is 225. The molecule has 0 aromatic carbocycles. The first kappa shape index (κ1) is 6.10. The van der Waals surface area contributed by atoms with Crippen LogP contribution in [-0.4, -0.2) is 7.11 Å². The third kappa shape index (κ3) is 0.545. The van der Waals surface area contributed by atoms with Gasteiger partial charge >= 0.3 is 0 Å². The molecule has 0 saturated heterocycles. The lowest BCUT2D eigenvalue weighted by molar-refractivity contribution is 0.284. The minimum absolute atomic E-state index is 0.926. The molecule has 2 atom stereocenters. The second-order valence-electron chi connectivity index (χ2n) is 4.24. The van der Waals surface area contributed by atoms with Crippen molar-refractivity contribution in [3.05, 3.63) is 11.3 Å². The Hall–Kier alpha value is -0.460. The molecule has 60 valence electrons. The van der Waals surface area contributed by atoms with E-state index in [-0.39, 0.29) is 0 Å². The summed E-state index contributed by atoms with van der Waals surface area (Å²) < 4.78 is 5.31. The van der Waals surface area contributed by atoms with Gasteiger partial charge in [-0.05, 0) is 49.0 Å². The first-order chi connectivity index (χ1) is 5.33. The highest BCUT2D eigenvalue weighted by atomic mass is 16.5. The topological polar surface area (TPSA) is 9.23 Å². The predicted molar refractivity (Wildman–Crippen MR) is 42.9 cm³/mol. The van der Waals surface area contributed by atoms with Crippen molar-refractivity contribution in [2.75, 3.05) is 7.11 Å². The van der Waals surface area contributed by atoms with Crippen molar-refractivity contribution in [2.24, 2.45) is 23.7 Å². The monoisotopic (exact) mass is 150 g/mol. The Balaban J connectivity index is 2.02. The fraction of sp³-hybridized carbons (Fsp3) is 0.800. The molecule has 4 aliphatic carbocycles. The van der Waals surface area contributed by atoms with Gasteiger partial charge in [0.1, 0.15) is 0 Å². The van der Waals surface area contributed by atoms with Crippen LogP contribution in [0, 0.1) is 23.7 Å². The van der Waals surface area contributed by atoms with E-state index < -0.39 is 0 Å². The second kappa shape index (κ2) is 1.65. The van der Waals surface area contributed by atoms with Gasteiger partial charge in [0.25, 0.3) is 0 Å². The summed E-state index contributed by atoms with van der Waals surface area (Å²) in [5.74, 6) is 5.29. The van der Waals surface area contributed by atoms with Crippen LogP contribution in [0.15, 0.2) is 11.3 Å². The van der Waals surface area contributed by atoms with E-state index >= 15 is 0 Å². The van der Waals surface area contributed by atoms with E-state index in [9.17, 15) is 0 Å². The molecule has 0 aromatic heterocycles. The summed E-state index contributed by atoms with van der Waals surface area (Å²) in [5.41, 5.74) is 1.68. The van der Waals surface area contributed by atoms with Gasteiger partial charge < -0.3 is 4.74 Å². The molecule has 4 aliphatic rings.